The molecule has 2 aliphatic rings. The first kappa shape index (κ1) is 15.2. The van der Waals surface area contributed by atoms with Gasteiger partial charge in [-0.3, -0.25) is 4.90 Å². The van der Waals surface area contributed by atoms with Gasteiger partial charge in [-0.05, 0) is 56.3 Å². The monoisotopic (exact) mass is 330 g/mol. The second-order valence-corrected chi connectivity index (χ2v) is 7.88. The van der Waals surface area contributed by atoms with Crippen LogP contribution in [-0.4, -0.2) is 22.6 Å². The van der Waals surface area contributed by atoms with Gasteiger partial charge in [-0.2, -0.15) is 0 Å². The third-order valence-electron chi connectivity index (χ3n) is 6.44. The van der Waals surface area contributed by atoms with Gasteiger partial charge in [-0.15, -0.1) is 0 Å². The van der Waals surface area contributed by atoms with Crippen LogP contribution in [0.5, 0.6) is 0 Å². The van der Waals surface area contributed by atoms with Crippen molar-refractivity contribution in [1.29, 1.82) is 0 Å². The zero-order valence-corrected chi connectivity index (χ0v) is 15.0. The minimum atomic E-state index is 0.194. The summed E-state index contributed by atoms with van der Waals surface area (Å²) < 4.78 is 2.62. The first-order valence-corrected chi connectivity index (χ1v) is 9.67. The summed E-state index contributed by atoms with van der Waals surface area (Å²) in [5.74, 6) is 0. The van der Waals surface area contributed by atoms with Gasteiger partial charge in [0, 0.05) is 29.7 Å². The first-order valence-electron chi connectivity index (χ1n) is 9.67. The van der Waals surface area contributed by atoms with Crippen molar-refractivity contribution < 1.29 is 0 Å². The van der Waals surface area contributed by atoms with Crippen molar-refractivity contribution in [3.8, 4) is 0 Å². The molecule has 2 aromatic carbocycles. The van der Waals surface area contributed by atoms with Gasteiger partial charge in [-0.25, -0.2) is 0 Å². The Labute approximate surface area is 150 Å². The molecule has 0 radical (unpaired) electrons. The highest BCUT2D eigenvalue weighted by Crippen LogP contribution is 2.45. The van der Waals surface area contributed by atoms with Crippen LogP contribution in [0.15, 0.2) is 54.6 Å². The maximum atomic E-state index is 2.75. The molecule has 1 unspecified atom stereocenters. The first-order chi connectivity index (χ1) is 12.3. The van der Waals surface area contributed by atoms with E-state index in [9.17, 15) is 0 Å². The SMILES string of the molecule is CC12CCCCN1CCc1c2n(Cc2ccccc2)c2ccccc12. The number of hydrogen-bond donors (Lipinski definition) is 0. The summed E-state index contributed by atoms with van der Waals surface area (Å²) in [6.45, 7) is 5.93. The molecular weight excluding hydrogens is 304 g/mol. The molecule has 0 saturated carbocycles. The molecule has 1 saturated heterocycles. The van der Waals surface area contributed by atoms with Crippen LogP contribution in [0.2, 0.25) is 0 Å². The minimum absolute atomic E-state index is 0.194. The minimum Gasteiger partial charge on any atom is -0.338 e. The lowest BCUT2D eigenvalue weighted by Crippen LogP contribution is -2.52. The summed E-state index contributed by atoms with van der Waals surface area (Å²) in [7, 11) is 0. The van der Waals surface area contributed by atoms with Crippen molar-refractivity contribution in [2.45, 2.75) is 44.7 Å². The lowest BCUT2D eigenvalue weighted by Gasteiger charge is -2.49. The Kier molecular flexibility index (Phi) is 3.49. The van der Waals surface area contributed by atoms with Crippen molar-refractivity contribution in [2.75, 3.05) is 13.1 Å². The molecular formula is C23H26N2. The van der Waals surface area contributed by atoms with Gasteiger partial charge in [0.05, 0.1) is 5.54 Å². The number of benzene rings is 2. The third kappa shape index (κ3) is 2.27. The molecule has 0 N–H and O–H groups in total. The van der Waals surface area contributed by atoms with Crippen LogP contribution >= 0.6 is 0 Å². The van der Waals surface area contributed by atoms with Crippen LogP contribution in [0.1, 0.15) is 43.0 Å². The molecule has 2 aliphatic heterocycles. The molecule has 5 rings (SSSR count). The molecule has 2 heteroatoms. The van der Waals surface area contributed by atoms with Gasteiger partial charge in [0.15, 0.2) is 0 Å². The number of aromatic nitrogens is 1. The molecule has 0 aliphatic carbocycles. The number of fused-ring (bicyclic) bond motifs is 5. The van der Waals surface area contributed by atoms with E-state index in [1.807, 2.05) is 0 Å². The Morgan fingerprint density at radius 2 is 1.72 bits per heavy atom. The molecule has 25 heavy (non-hydrogen) atoms. The normalized spacial score (nSPS) is 23.4. The van der Waals surface area contributed by atoms with Crippen molar-refractivity contribution in [2.24, 2.45) is 0 Å². The predicted molar refractivity (Wildman–Crippen MR) is 104 cm³/mol. The quantitative estimate of drug-likeness (QED) is 0.645. The predicted octanol–water partition coefficient (Wildman–Crippen LogP) is 4.95. The van der Waals surface area contributed by atoms with Crippen LogP contribution in [0.3, 0.4) is 0 Å². The van der Waals surface area contributed by atoms with E-state index in [2.05, 4.69) is 71.0 Å². The highest BCUT2D eigenvalue weighted by atomic mass is 15.2. The Morgan fingerprint density at radius 3 is 2.60 bits per heavy atom. The van der Waals surface area contributed by atoms with E-state index in [0.717, 1.165) is 6.54 Å². The fourth-order valence-electron chi connectivity index (χ4n) is 5.22. The van der Waals surface area contributed by atoms with Crippen molar-refractivity contribution in [1.82, 2.24) is 9.47 Å². The van der Waals surface area contributed by atoms with Crippen LogP contribution in [0.4, 0.5) is 0 Å². The van der Waals surface area contributed by atoms with Crippen LogP contribution in [-0.2, 0) is 18.5 Å². The summed E-state index contributed by atoms with van der Waals surface area (Å²) in [5.41, 5.74) is 6.18. The van der Waals surface area contributed by atoms with Crippen molar-refractivity contribution in [3.63, 3.8) is 0 Å². The molecule has 128 valence electrons. The van der Waals surface area contributed by atoms with Crippen molar-refractivity contribution >= 4 is 10.9 Å². The van der Waals surface area contributed by atoms with Gasteiger partial charge in [0.25, 0.3) is 0 Å². The Hall–Kier alpha value is -2.06. The summed E-state index contributed by atoms with van der Waals surface area (Å²) >= 11 is 0. The van der Waals surface area contributed by atoms with E-state index in [0.29, 0.717) is 0 Å². The molecule has 1 aromatic heterocycles. The smallest absolute Gasteiger partial charge is 0.0588 e. The molecule has 1 atom stereocenters. The van der Waals surface area contributed by atoms with Crippen LogP contribution < -0.4 is 0 Å². The lowest BCUT2D eigenvalue weighted by atomic mass is 9.79. The van der Waals surface area contributed by atoms with E-state index in [-0.39, 0.29) is 5.54 Å². The summed E-state index contributed by atoms with van der Waals surface area (Å²) in [5, 5.41) is 1.47. The topological polar surface area (TPSA) is 8.17 Å². The maximum absolute atomic E-state index is 2.75. The Bertz CT molecular complexity index is 908. The van der Waals surface area contributed by atoms with Gasteiger partial charge in [0.1, 0.15) is 0 Å². The average molecular weight is 330 g/mol. The van der Waals surface area contributed by atoms with Crippen LogP contribution in [0.25, 0.3) is 10.9 Å². The third-order valence-corrected chi connectivity index (χ3v) is 6.44. The lowest BCUT2D eigenvalue weighted by molar-refractivity contribution is 0.0431. The molecule has 0 amide bonds. The van der Waals surface area contributed by atoms with Gasteiger partial charge in [0.2, 0.25) is 0 Å². The summed E-state index contributed by atoms with van der Waals surface area (Å²) in [6.07, 6.45) is 5.17. The molecule has 2 nitrogen and oxygen atoms in total. The Morgan fingerprint density at radius 1 is 0.920 bits per heavy atom. The highest BCUT2D eigenvalue weighted by Gasteiger charge is 2.43. The number of rotatable bonds is 2. The largest absolute Gasteiger partial charge is 0.338 e. The second kappa shape index (κ2) is 5.74. The van der Waals surface area contributed by atoms with E-state index in [1.54, 1.807) is 11.3 Å². The van der Waals surface area contributed by atoms with Gasteiger partial charge < -0.3 is 4.57 Å². The number of piperidine rings is 1. The number of hydrogen-bond acceptors (Lipinski definition) is 1. The van der Waals surface area contributed by atoms with Gasteiger partial charge >= 0.3 is 0 Å². The molecule has 3 heterocycles. The summed E-state index contributed by atoms with van der Waals surface area (Å²) in [6, 6.07) is 20.0. The molecule has 0 spiro atoms. The molecule has 0 bridgehead atoms. The number of nitrogens with zero attached hydrogens (tertiary/aromatic N) is 2. The van der Waals surface area contributed by atoms with E-state index >= 15 is 0 Å². The second-order valence-electron chi connectivity index (χ2n) is 7.88. The standard InChI is InChI=1S/C23H26N2/c1-23-14-7-8-15-24(23)16-13-20-19-11-5-6-12-21(19)25(22(20)23)17-18-9-3-2-4-10-18/h2-6,9-12H,7-8,13-17H2,1H3. The molecule has 3 aromatic rings. The molecule has 1 fully saturated rings. The fourth-order valence-corrected chi connectivity index (χ4v) is 5.22. The average Bonchev–Trinajstić information content (AvgIpc) is 2.97. The zero-order chi connectivity index (χ0) is 16.9. The highest BCUT2D eigenvalue weighted by molar-refractivity contribution is 5.86. The van der Waals surface area contributed by atoms with E-state index in [4.69, 9.17) is 0 Å². The van der Waals surface area contributed by atoms with Crippen molar-refractivity contribution in [3.05, 3.63) is 71.4 Å². The van der Waals surface area contributed by atoms with E-state index < -0.39 is 0 Å². The maximum Gasteiger partial charge on any atom is 0.0588 e. The van der Waals surface area contributed by atoms with Gasteiger partial charge in [-0.1, -0.05) is 48.5 Å². The summed E-state index contributed by atoms with van der Waals surface area (Å²) in [4.78, 5) is 2.75. The zero-order valence-electron chi connectivity index (χ0n) is 15.0. The Balaban J connectivity index is 1.75. The fraction of sp³-hybridized carbons (Fsp3) is 0.391. The van der Waals surface area contributed by atoms with E-state index in [1.165, 1.54) is 55.2 Å². The number of para-hydroxylation sites is 1. The van der Waals surface area contributed by atoms with Crippen LogP contribution in [0, 0.1) is 0 Å².